The minimum atomic E-state index is 0.542. The van der Waals surface area contributed by atoms with Gasteiger partial charge in [-0.15, -0.1) is 0 Å². The van der Waals surface area contributed by atoms with E-state index < -0.39 is 0 Å². The molecule has 0 fully saturated rings. The second-order valence-corrected chi connectivity index (χ2v) is 3.99. The van der Waals surface area contributed by atoms with Crippen LogP contribution in [0.4, 0.5) is 5.82 Å². The van der Waals surface area contributed by atoms with Gasteiger partial charge in [-0.25, -0.2) is 9.97 Å². The first-order valence-electron chi connectivity index (χ1n) is 5.38. The fraction of sp³-hybridized carbons (Fsp3) is 0.0769. The maximum atomic E-state index is 5.85. The van der Waals surface area contributed by atoms with Crippen molar-refractivity contribution in [1.29, 1.82) is 0 Å². The molecule has 4 nitrogen and oxygen atoms in total. The van der Waals surface area contributed by atoms with Crippen LogP contribution >= 0.6 is 0 Å². The summed E-state index contributed by atoms with van der Waals surface area (Å²) in [4.78, 5) is 7.35. The van der Waals surface area contributed by atoms with E-state index >= 15 is 0 Å². The van der Waals surface area contributed by atoms with Crippen LogP contribution < -0.4 is 10.7 Å². The predicted molar refractivity (Wildman–Crippen MR) is 65.2 cm³/mol. The standard InChI is InChI=1S/C13H11N3O/c1-8-4-5-10-11(7-8)17-13(16-10)9-3-2-6-15-12(9)14/h2-7H,1H3,(H2,14,15)/p+1. The van der Waals surface area contributed by atoms with Gasteiger partial charge in [-0.05, 0) is 36.8 Å². The van der Waals surface area contributed by atoms with E-state index in [1.54, 1.807) is 6.20 Å². The number of anilines is 1. The van der Waals surface area contributed by atoms with E-state index in [1.807, 2.05) is 37.3 Å². The van der Waals surface area contributed by atoms with Crippen molar-refractivity contribution < 1.29 is 9.40 Å². The summed E-state index contributed by atoms with van der Waals surface area (Å²) in [6.07, 6.45) is 1.77. The quantitative estimate of drug-likeness (QED) is 0.691. The minimum Gasteiger partial charge on any atom is -0.436 e. The second kappa shape index (κ2) is 3.59. The van der Waals surface area contributed by atoms with Crippen molar-refractivity contribution in [2.24, 2.45) is 0 Å². The van der Waals surface area contributed by atoms with Crippen LogP contribution in [-0.2, 0) is 0 Å². The largest absolute Gasteiger partial charge is 0.436 e. The smallest absolute Gasteiger partial charge is 0.282 e. The van der Waals surface area contributed by atoms with Gasteiger partial charge in [0.05, 0.1) is 6.20 Å². The minimum absolute atomic E-state index is 0.542. The number of rotatable bonds is 1. The lowest BCUT2D eigenvalue weighted by Crippen LogP contribution is -2.10. The van der Waals surface area contributed by atoms with E-state index in [0.29, 0.717) is 11.7 Å². The predicted octanol–water partition coefficient (Wildman–Crippen LogP) is 2.20. The number of hydrogen-bond acceptors (Lipinski definition) is 3. The summed E-state index contributed by atoms with van der Waals surface area (Å²) >= 11 is 0. The van der Waals surface area contributed by atoms with Crippen LogP contribution in [0.3, 0.4) is 0 Å². The Labute approximate surface area is 98.1 Å². The lowest BCUT2D eigenvalue weighted by atomic mass is 10.2. The summed E-state index contributed by atoms with van der Waals surface area (Å²) < 4.78 is 5.70. The number of hydrogen-bond donors (Lipinski definition) is 1. The second-order valence-electron chi connectivity index (χ2n) is 3.99. The molecule has 0 aliphatic heterocycles. The molecule has 3 N–H and O–H groups in total. The van der Waals surface area contributed by atoms with Gasteiger partial charge >= 0.3 is 0 Å². The molecular formula is C13H12N3O+. The average molecular weight is 226 g/mol. The summed E-state index contributed by atoms with van der Waals surface area (Å²) in [6.45, 7) is 2.02. The lowest BCUT2D eigenvalue weighted by molar-refractivity contribution is -0.359. The SMILES string of the molecule is Cc1ccc2nc(-c3ccc[nH+]c3N)oc2c1. The number of H-pyrrole nitrogens is 1. The highest BCUT2D eigenvalue weighted by molar-refractivity contribution is 5.78. The molecule has 0 bridgehead atoms. The summed E-state index contributed by atoms with van der Waals surface area (Å²) in [5.74, 6) is 1.09. The first-order valence-corrected chi connectivity index (χ1v) is 5.38. The number of nitrogens with zero attached hydrogens (tertiary/aromatic N) is 1. The third kappa shape index (κ3) is 1.63. The van der Waals surface area contributed by atoms with E-state index in [-0.39, 0.29) is 0 Å². The monoisotopic (exact) mass is 226 g/mol. The third-order valence-electron chi connectivity index (χ3n) is 2.66. The molecule has 3 rings (SSSR count). The topological polar surface area (TPSA) is 66.2 Å². The molecule has 2 heterocycles. The average Bonchev–Trinajstić information content (AvgIpc) is 2.72. The fourth-order valence-corrected chi connectivity index (χ4v) is 1.78. The molecule has 17 heavy (non-hydrogen) atoms. The zero-order valence-electron chi connectivity index (χ0n) is 9.40. The van der Waals surface area contributed by atoms with Crippen LogP contribution in [0, 0.1) is 6.92 Å². The van der Waals surface area contributed by atoms with Crippen molar-refractivity contribution in [3.8, 4) is 11.5 Å². The maximum Gasteiger partial charge on any atom is 0.282 e. The fourth-order valence-electron chi connectivity index (χ4n) is 1.78. The highest BCUT2D eigenvalue weighted by atomic mass is 16.3. The van der Waals surface area contributed by atoms with Crippen molar-refractivity contribution in [2.45, 2.75) is 6.92 Å². The van der Waals surface area contributed by atoms with Gasteiger partial charge in [0, 0.05) is 0 Å². The normalized spacial score (nSPS) is 10.9. The Balaban J connectivity index is 2.22. The van der Waals surface area contributed by atoms with Crippen molar-refractivity contribution in [1.82, 2.24) is 4.98 Å². The van der Waals surface area contributed by atoms with E-state index in [9.17, 15) is 0 Å². The van der Waals surface area contributed by atoms with Gasteiger partial charge in [0.2, 0.25) is 5.89 Å². The van der Waals surface area contributed by atoms with E-state index in [1.165, 1.54) is 0 Å². The van der Waals surface area contributed by atoms with Gasteiger partial charge in [-0.1, -0.05) is 6.07 Å². The van der Waals surface area contributed by atoms with Crippen LogP contribution in [-0.4, -0.2) is 4.98 Å². The molecule has 0 atom stereocenters. The van der Waals surface area contributed by atoms with Crippen LogP contribution in [0.2, 0.25) is 0 Å². The van der Waals surface area contributed by atoms with E-state index in [4.69, 9.17) is 10.2 Å². The molecule has 0 unspecified atom stereocenters. The molecule has 0 aliphatic carbocycles. The van der Waals surface area contributed by atoms with Crippen molar-refractivity contribution in [2.75, 3.05) is 5.73 Å². The summed E-state index contributed by atoms with van der Waals surface area (Å²) in [7, 11) is 0. The molecule has 84 valence electrons. The van der Waals surface area contributed by atoms with Crippen LogP contribution in [0.15, 0.2) is 40.9 Å². The Kier molecular flexibility index (Phi) is 2.08. The maximum absolute atomic E-state index is 5.85. The van der Waals surface area contributed by atoms with Gasteiger partial charge < -0.3 is 4.42 Å². The number of fused-ring (bicyclic) bond motifs is 1. The molecule has 0 spiro atoms. The van der Waals surface area contributed by atoms with Gasteiger partial charge in [0.15, 0.2) is 5.58 Å². The summed E-state index contributed by atoms with van der Waals surface area (Å²) in [5.41, 5.74) is 9.40. The highest BCUT2D eigenvalue weighted by Crippen LogP contribution is 2.26. The van der Waals surface area contributed by atoms with E-state index in [0.717, 1.165) is 22.2 Å². The Morgan fingerprint density at radius 2 is 2.18 bits per heavy atom. The molecule has 3 aromatic rings. The third-order valence-corrected chi connectivity index (χ3v) is 2.66. The molecule has 0 radical (unpaired) electrons. The van der Waals surface area contributed by atoms with Crippen LogP contribution in [0.5, 0.6) is 0 Å². The number of nitrogens with two attached hydrogens (primary N) is 1. The molecule has 2 aromatic heterocycles. The zero-order chi connectivity index (χ0) is 11.8. The lowest BCUT2D eigenvalue weighted by Gasteiger charge is -1.93. The number of pyridine rings is 1. The molecular weight excluding hydrogens is 214 g/mol. The molecule has 0 aliphatic rings. The Hall–Kier alpha value is -2.36. The van der Waals surface area contributed by atoms with Gasteiger partial charge in [0.1, 0.15) is 11.1 Å². The first kappa shape index (κ1) is 9.84. The number of benzene rings is 1. The number of aromatic nitrogens is 2. The number of oxazole rings is 1. The van der Waals surface area contributed by atoms with Gasteiger partial charge in [-0.2, -0.15) is 0 Å². The number of aromatic amines is 1. The van der Waals surface area contributed by atoms with Crippen LogP contribution in [0.1, 0.15) is 5.56 Å². The number of nitrogens with one attached hydrogen (secondary N) is 1. The van der Waals surface area contributed by atoms with Crippen molar-refractivity contribution in [3.05, 3.63) is 42.1 Å². The first-order chi connectivity index (χ1) is 8.24. The number of nitrogen functional groups attached to an aromatic ring is 1. The van der Waals surface area contributed by atoms with Gasteiger partial charge in [0.25, 0.3) is 5.82 Å². The number of aryl methyl sites for hydroxylation is 1. The zero-order valence-corrected chi connectivity index (χ0v) is 9.40. The van der Waals surface area contributed by atoms with Crippen molar-refractivity contribution >= 4 is 16.9 Å². The Morgan fingerprint density at radius 3 is 3.00 bits per heavy atom. The summed E-state index contributed by atoms with van der Waals surface area (Å²) in [5, 5.41) is 0. The summed E-state index contributed by atoms with van der Waals surface area (Å²) in [6, 6.07) is 9.67. The Morgan fingerprint density at radius 1 is 1.29 bits per heavy atom. The van der Waals surface area contributed by atoms with Crippen LogP contribution in [0.25, 0.3) is 22.6 Å². The van der Waals surface area contributed by atoms with Crippen molar-refractivity contribution in [3.63, 3.8) is 0 Å². The molecule has 0 amide bonds. The highest BCUT2D eigenvalue weighted by Gasteiger charge is 2.13. The molecule has 4 heteroatoms. The molecule has 1 aromatic carbocycles. The molecule has 0 saturated carbocycles. The molecule has 0 saturated heterocycles. The van der Waals surface area contributed by atoms with E-state index in [2.05, 4.69) is 9.97 Å². The Bertz CT molecular complexity index is 688. The van der Waals surface area contributed by atoms with Gasteiger partial charge in [-0.3, -0.25) is 5.73 Å².